The lowest BCUT2D eigenvalue weighted by Gasteiger charge is -2.14. The van der Waals surface area contributed by atoms with E-state index < -0.39 is 6.10 Å². The molecule has 0 aliphatic heterocycles. The monoisotopic (exact) mass is 430 g/mol. The molecule has 2 N–H and O–H groups in total. The van der Waals surface area contributed by atoms with Crippen LogP contribution >= 0.6 is 0 Å². The predicted molar refractivity (Wildman–Crippen MR) is 124 cm³/mol. The van der Waals surface area contributed by atoms with E-state index in [1.165, 1.54) is 11.9 Å². The molecule has 0 aliphatic rings. The number of ether oxygens (including phenoxy) is 1. The van der Waals surface area contributed by atoms with E-state index in [0.29, 0.717) is 18.8 Å². The zero-order chi connectivity index (χ0) is 22.2. The molecule has 0 bridgehead atoms. The molecule has 8 nitrogen and oxygen atoms in total. The van der Waals surface area contributed by atoms with Gasteiger partial charge in [-0.05, 0) is 31.0 Å². The van der Waals surface area contributed by atoms with Crippen LogP contribution in [0.2, 0.25) is 0 Å². The molecule has 0 fully saturated rings. The van der Waals surface area contributed by atoms with Crippen LogP contribution < -0.4 is 15.4 Å². The Balaban J connectivity index is 1.30. The van der Waals surface area contributed by atoms with E-state index in [9.17, 15) is 4.79 Å². The van der Waals surface area contributed by atoms with E-state index in [-0.39, 0.29) is 5.91 Å². The predicted octanol–water partition coefficient (Wildman–Crippen LogP) is 3.06. The zero-order valence-electron chi connectivity index (χ0n) is 17.9. The molecule has 0 aliphatic carbocycles. The average Bonchev–Trinajstić information content (AvgIpc) is 3.24. The molecule has 0 radical (unpaired) electrons. The van der Waals surface area contributed by atoms with Crippen LogP contribution in [0.4, 0.5) is 5.82 Å². The normalized spacial score (nSPS) is 11.8. The molecule has 2 aromatic heterocycles. The molecule has 2 heterocycles. The van der Waals surface area contributed by atoms with Gasteiger partial charge in [0.15, 0.2) is 11.8 Å². The van der Waals surface area contributed by atoms with Crippen LogP contribution in [0.15, 0.2) is 73.2 Å². The summed E-state index contributed by atoms with van der Waals surface area (Å²) in [5.41, 5.74) is 1.99. The van der Waals surface area contributed by atoms with Gasteiger partial charge < -0.3 is 15.4 Å². The molecule has 0 saturated carbocycles. The topological polar surface area (TPSA) is 94.0 Å². The Hall–Kier alpha value is -3.94. The highest BCUT2D eigenvalue weighted by Gasteiger charge is 2.15. The lowest BCUT2D eigenvalue weighted by Crippen LogP contribution is -2.38. The fourth-order valence-corrected chi connectivity index (χ4v) is 3.35. The maximum absolute atomic E-state index is 12.3. The largest absolute Gasteiger partial charge is 0.481 e. The highest BCUT2D eigenvalue weighted by atomic mass is 16.5. The summed E-state index contributed by atoms with van der Waals surface area (Å²) in [4.78, 5) is 21.1. The van der Waals surface area contributed by atoms with Crippen LogP contribution in [0.3, 0.4) is 0 Å². The second kappa shape index (κ2) is 10.4. The minimum absolute atomic E-state index is 0.178. The Labute approximate surface area is 186 Å². The number of rotatable bonds is 10. The number of para-hydroxylation sites is 1. The van der Waals surface area contributed by atoms with Crippen LogP contribution in [0.5, 0.6) is 5.75 Å². The minimum Gasteiger partial charge on any atom is -0.481 e. The number of carbonyl (C=O) groups excluding carboxylic acids is 1. The summed E-state index contributed by atoms with van der Waals surface area (Å²) >= 11 is 0. The van der Waals surface area contributed by atoms with E-state index in [1.54, 1.807) is 17.8 Å². The van der Waals surface area contributed by atoms with Gasteiger partial charge in [0.25, 0.3) is 5.91 Å². The van der Waals surface area contributed by atoms with Gasteiger partial charge in [-0.1, -0.05) is 48.5 Å². The number of nitrogens with one attached hydrogen (secondary N) is 2. The van der Waals surface area contributed by atoms with Crippen molar-refractivity contribution in [1.82, 2.24) is 25.1 Å². The van der Waals surface area contributed by atoms with Crippen LogP contribution in [-0.4, -0.2) is 44.8 Å². The maximum Gasteiger partial charge on any atom is 0.260 e. The molecular weight excluding hydrogens is 404 g/mol. The van der Waals surface area contributed by atoms with Crippen molar-refractivity contribution in [1.29, 1.82) is 0 Å². The first-order valence-corrected chi connectivity index (χ1v) is 10.6. The standard InChI is InChI=1S/C24H26N6O2/c1-18(32-20-10-6-3-7-11-20)24(31)26-14-15-30-23-21(16-29-30)22(27-17-28-23)25-13-12-19-8-4-2-5-9-19/h2-11,16-18H,12-15H2,1H3,(H,26,31)(H,25,27,28). The number of anilines is 1. The molecule has 32 heavy (non-hydrogen) atoms. The highest BCUT2D eigenvalue weighted by molar-refractivity contribution is 5.86. The minimum atomic E-state index is -0.588. The van der Waals surface area contributed by atoms with Crippen molar-refractivity contribution < 1.29 is 9.53 Å². The van der Waals surface area contributed by atoms with Gasteiger partial charge in [-0.15, -0.1) is 0 Å². The molecule has 4 aromatic rings. The summed E-state index contributed by atoms with van der Waals surface area (Å²) in [5, 5.41) is 11.5. The highest BCUT2D eigenvalue weighted by Crippen LogP contribution is 2.18. The van der Waals surface area contributed by atoms with Crippen molar-refractivity contribution in [2.75, 3.05) is 18.4 Å². The number of hydrogen-bond acceptors (Lipinski definition) is 6. The molecule has 1 amide bonds. The third kappa shape index (κ3) is 5.40. The van der Waals surface area contributed by atoms with Crippen molar-refractivity contribution in [3.63, 3.8) is 0 Å². The molecule has 1 atom stereocenters. The van der Waals surface area contributed by atoms with Gasteiger partial charge in [0.2, 0.25) is 0 Å². The van der Waals surface area contributed by atoms with Gasteiger partial charge in [0.05, 0.1) is 18.1 Å². The Morgan fingerprint density at radius 1 is 1.03 bits per heavy atom. The second-order valence-electron chi connectivity index (χ2n) is 7.35. The fraction of sp³-hybridized carbons (Fsp3) is 0.250. The first-order valence-electron chi connectivity index (χ1n) is 10.6. The average molecular weight is 431 g/mol. The maximum atomic E-state index is 12.3. The molecule has 8 heteroatoms. The van der Waals surface area contributed by atoms with Crippen LogP contribution in [0, 0.1) is 0 Å². The van der Waals surface area contributed by atoms with Crippen molar-refractivity contribution in [3.8, 4) is 5.75 Å². The lowest BCUT2D eigenvalue weighted by molar-refractivity contribution is -0.127. The molecule has 4 rings (SSSR count). The fourth-order valence-electron chi connectivity index (χ4n) is 3.35. The molecule has 0 spiro atoms. The smallest absolute Gasteiger partial charge is 0.260 e. The van der Waals surface area contributed by atoms with E-state index in [0.717, 1.165) is 29.8 Å². The van der Waals surface area contributed by atoms with Crippen molar-refractivity contribution in [2.24, 2.45) is 0 Å². The molecule has 0 saturated heterocycles. The molecule has 2 aromatic carbocycles. The van der Waals surface area contributed by atoms with Gasteiger partial charge in [-0.25, -0.2) is 14.6 Å². The Bertz CT molecular complexity index is 1150. The first kappa shape index (κ1) is 21.3. The summed E-state index contributed by atoms with van der Waals surface area (Å²) < 4.78 is 7.42. The quantitative estimate of drug-likeness (QED) is 0.402. The summed E-state index contributed by atoms with van der Waals surface area (Å²) in [6.07, 6.45) is 3.59. The van der Waals surface area contributed by atoms with Crippen LogP contribution in [-0.2, 0) is 17.8 Å². The third-order valence-electron chi connectivity index (χ3n) is 5.03. The summed E-state index contributed by atoms with van der Waals surface area (Å²) in [6.45, 7) is 3.40. The molecule has 164 valence electrons. The second-order valence-corrected chi connectivity index (χ2v) is 7.35. The Kier molecular flexibility index (Phi) is 6.91. The number of fused-ring (bicyclic) bond motifs is 1. The van der Waals surface area contributed by atoms with E-state index in [2.05, 4.69) is 37.8 Å². The molecular formula is C24H26N6O2. The number of benzene rings is 2. The number of carbonyl (C=O) groups is 1. The van der Waals surface area contributed by atoms with E-state index in [4.69, 9.17) is 4.74 Å². The third-order valence-corrected chi connectivity index (χ3v) is 5.03. The van der Waals surface area contributed by atoms with Crippen molar-refractivity contribution in [3.05, 3.63) is 78.8 Å². The van der Waals surface area contributed by atoms with Gasteiger partial charge >= 0.3 is 0 Å². The van der Waals surface area contributed by atoms with Gasteiger partial charge in [-0.2, -0.15) is 5.10 Å². The van der Waals surface area contributed by atoms with Gasteiger partial charge in [0, 0.05) is 13.1 Å². The molecule has 1 unspecified atom stereocenters. The van der Waals surface area contributed by atoms with Crippen molar-refractivity contribution in [2.45, 2.75) is 26.0 Å². The number of nitrogens with zero attached hydrogens (tertiary/aromatic N) is 4. The van der Waals surface area contributed by atoms with Crippen LogP contribution in [0.1, 0.15) is 12.5 Å². The Morgan fingerprint density at radius 3 is 2.56 bits per heavy atom. The van der Waals surface area contributed by atoms with Gasteiger partial charge in [0.1, 0.15) is 17.9 Å². The summed E-state index contributed by atoms with van der Waals surface area (Å²) in [7, 11) is 0. The number of amides is 1. The van der Waals surface area contributed by atoms with Gasteiger partial charge in [-0.3, -0.25) is 4.79 Å². The van der Waals surface area contributed by atoms with E-state index in [1.807, 2.05) is 48.5 Å². The Morgan fingerprint density at radius 2 is 1.78 bits per heavy atom. The first-order chi connectivity index (χ1) is 15.7. The zero-order valence-corrected chi connectivity index (χ0v) is 17.9. The summed E-state index contributed by atoms with van der Waals surface area (Å²) in [5.74, 6) is 1.24. The number of hydrogen-bond donors (Lipinski definition) is 2. The van der Waals surface area contributed by atoms with Crippen LogP contribution in [0.25, 0.3) is 11.0 Å². The van der Waals surface area contributed by atoms with E-state index >= 15 is 0 Å². The lowest BCUT2D eigenvalue weighted by atomic mass is 10.1. The van der Waals surface area contributed by atoms with Crippen molar-refractivity contribution >= 4 is 22.8 Å². The SMILES string of the molecule is CC(Oc1ccccc1)C(=O)NCCn1ncc2c(NCCc3ccccc3)ncnc21. The summed E-state index contributed by atoms with van der Waals surface area (Å²) in [6, 6.07) is 19.6. The number of aromatic nitrogens is 4.